The van der Waals surface area contributed by atoms with Gasteiger partial charge in [0.15, 0.2) is 11.4 Å². The lowest BCUT2D eigenvalue weighted by molar-refractivity contribution is -0.123. The molecule has 0 saturated heterocycles. The number of fused-ring (bicyclic) bond motifs is 1. The lowest BCUT2D eigenvalue weighted by Gasteiger charge is -2.23. The molecule has 3 heterocycles. The molecular weight excluding hydrogens is 497 g/mol. The van der Waals surface area contributed by atoms with Crippen LogP contribution in [0.1, 0.15) is 54.5 Å². The van der Waals surface area contributed by atoms with Gasteiger partial charge < -0.3 is 21.1 Å². The predicted octanol–water partition coefficient (Wildman–Crippen LogP) is 1.97. The fraction of sp³-hybridized carbons (Fsp3) is 0.455. The highest BCUT2D eigenvalue weighted by Crippen LogP contribution is 2.27. The van der Waals surface area contributed by atoms with Crippen LogP contribution < -0.4 is 21.5 Å². The van der Waals surface area contributed by atoms with Gasteiger partial charge in [0.25, 0.3) is 17.4 Å². The average Bonchev–Trinajstić information content (AvgIpc) is 3.50. The van der Waals surface area contributed by atoms with Gasteiger partial charge in [0.05, 0.1) is 12.4 Å². The minimum Gasteiger partial charge on any atom is -0.494 e. The summed E-state index contributed by atoms with van der Waals surface area (Å²) in [6, 6.07) is 1.42. The van der Waals surface area contributed by atoms with Crippen LogP contribution in [-0.2, 0) is 6.54 Å². The van der Waals surface area contributed by atoms with Crippen LogP contribution in [0.25, 0.3) is 5.65 Å². The Bertz CT molecular complexity index is 1400. The average molecular weight is 522 g/mol. The molecule has 4 N–H and O–H groups in total. The molecule has 3 aromatic rings. The van der Waals surface area contributed by atoms with Crippen LogP contribution in [0.15, 0.2) is 23.3 Å². The highest BCUT2D eigenvalue weighted by Gasteiger charge is 2.31. The van der Waals surface area contributed by atoms with Crippen molar-refractivity contribution in [3.63, 3.8) is 0 Å². The van der Waals surface area contributed by atoms with Crippen LogP contribution in [0, 0.1) is 5.41 Å². The molecule has 15 heteroatoms. The van der Waals surface area contributed by atoms with E-state index in [-0.39, 0.29) is 41.0 Å². The summed E-state index contributed by atoms with van der Waals surface area (Å²) in [5.41, 5.74) is -1.70. The highest BCUT2D eigenvalue weighted by molar-refractivity contribution is 5.96. The summed E-state index contributed by atoms with van der Waals surface area (Å²) >= 11 is 0. The smallest absolute Gasteiger partial charge is 0.405 e. The number of carbonyl (C=O) groups is 2. The molecular formula is C22H25F3N8O4. The second-order valence-electron chi connectivity index (χ2n) is 9.91. The molecule has 0 aliphatic heterocycles. The molecule has 4 rings (SSSR count). The van der Waals surface area contributed by atoms with E-state index in [9.17, 15) is 32.7 Å². The van der Waals surface area contributed by atoms with E-state index >= 15 is 0 Å². The second kappa shape index (κ2) is 9.37. The van der Waals surface area contributed by atoms with Gasteiger partial charge in [-0.15, -0.1) is 5.10 Å². The van der Waals surface area contributed by atoms with Crippen molar-refractivity contribution < 1.29 is 27.9 Å². The number of aromatic hydroxyl groups is 1. The molecule has 1 aliphatic carbocycles. The van der Waals surface area contributed by atoms with Crippen molar-refractivity contribution in [3.8, 4) is 5.88 Å². The molecule has 2 amide bonds. The maximum absolute atomic E-state index is 13.1. The molecule has 1 saturated carbocycles. The molecule has 1 fully saturated rings. The molecule has 0 aromatic carbocycles. The van der Waals surface area contributed by atoms with Crippen LogP contribution in [0.4, 0.5) is 24.8 Å². The minimum absolute atomic E-state index is 0.0370. The Kier molecular flexibility index (Phi) is 6.56. The molecule has 0 atom stereocenters. The number of aromatic nitrogens is 5. The van der Waals surface area contributed by atoms with E-state index in [4.69, 9.17) is 0 Å². The lowest BCUT2D eigenvalue weighted by atomic mass is 9.96. The van der Waals surface area contributed by atoms with Crippen LogP contribution in [-0.4, -0.2) is 59.8 Å². The van der Waals surface area contributed by atoms with Crippen molar-refractivity contribution in [2.24, 2.45) is 5.41 Å². The van der Waals surface area contributed by atoms with Gasteiger partial charge in [-0.25, -0.2) is 9.97 Å². The number of rotatable bonds is 7. The summed E-state index contributed by atoms with van der Waals surface area (Å²) in [5.74, 6) is -2.02. The summed E-state index contributed by atoms with van der Waals surface area (Å²) in [6.45, 7) is 4.50. The van der Waals surface area contributed by atoms with E-state index in [1.54, 1.807) is 5.32 Å². The number of nitrogens with zero attached hydrogens (tertiary/aromatic N) is 5. The highest BCUT2D eigenvalue weighted by atomic mass is 19.4. The van der Waals surface area contributed by atoms with Gasteiger partial charge in [0.2, 0.25) is 5.88 Å². The topological polar surface area (TPSA) is 156 Å². The Labute approximate surface area is 207 Å². The third kappa shape index (κ3) is 6.16. The second-order valence-corrected chi connectivity index (χ2v) is 9.91. The summed E-state index contributed by atoms with van der Waals surface area (Å²) in [7, 11) is 0. The minimum atomic E-state index is -4.56. The Morgan fingerprint density at radius 1 is 1.11 bits per heavy atom. The van der Waals surface area contributed by atoms with E-state index in [0.29, 0.717) is 0 Å². The molecule has 198 valence electrons. The van der Waals surface area contributed by atoms with Crippen molar-refractivity contribution in [2.45, 2.75) is 52.4 Å². The number of halogens is 3. The van der Waals surface area contributed by atoms with E-state index in [1.807, 2.05) is 20.8 Å². The molecule has 12 nitrogen and oxygen atoms in total. The predicted molar refractivity (Wildman–Crippen MR) is 125 cm³/mol. The maximum atomic E-state index is 13.1. The first-order chi connectivity index (χ1) is 17.2. The number of hydrogen-bond acceptors (Lipinski definition) is 8. The van der Waals surface area contributed by atoms with Crippen molar-refractivity contribution >= 4 is 29.1 Å². The largest absolute Gasteiger partial charge is 0.494 e. The van der Waals surface area contributed by atoms with Crippen LogP contribution in [0.3, 0.4) is 0 Å². The molecule has 0 bridgehead atoms. The molecule has 0 spiro atoms. The van der Waals surface area contributed by atoms with E-state index in [1.165, 1.54) is 10.6 Å². The number of carbonyl (C=O) groups excluding carboxylic acids is 2. The van der Waals surface area contributed by atoms with Crippen molar-refractivity contribution in [2.75, 3.05) is 11.9 Å². The summed E-state index contributed by atoms with van der Waals surface area (Å²) in [5, 5.41) is 22.3. The third-order valence-corrected chi connectivity index (χ3v) is 5.21. The Morgan fingerprint density at radius 3 is 2.38 bits per heavy atom. The first-order valence-electron chi connectivity index (χ1n) is 11.3. The summed E-state index contributed by atoms with van der Waals surface area (Å²) in [6.07, 6.45) is -0.880. The fourth-order valence-corrected chi connectivity index (χ4v) is 3.45. The number of hydrogen-bond donors (Lipinski definition) is 4. The zero-order chi connectivity index (χ0) is 27.1. The van der Waals surface area contributed by atoms with E-state index in [2.05, 4.69) is 25.7 Å². The Balaban J connectivity index is 1.64. The third-order valence-electron chi connectivity index (χ3n) is 5.21. The van der Waals surface area contributed by atoms with E-state index in [0.717, 1.165) is 29.8 Å². The molecule has 37 heavy (non-hydrogen) atoms. The van der Waals surface area contributed by atoms with Gasteiger partial charge in [-0.2, -0.15) is 17.7 Å². The van der Waals surface area contributed by atoms with Crippen molar-refractivity contribution in [3.05, 3.63) is 40.1 Å². The Hall–Kier alpha value is -4.17. The summed E-state index contributed by atoms with van der Waals surface area (Å²) < 4.78 is 39.3. The maximum Gasteiger partial charge on any atom is 0.405 e. The Morgan fingerprint density at radius 2 is 1.81 bits per heavy atom. The monoisotopic (exact) mass is 522 g/mol. The molecule has 1 aliphatic rings. The van der Waals surface area contributed by atoms with Gasteiger partial charge in [0.1, 0.15) is 23.7 Å². The first-order valence-corrected chi connectivity index (χ1v) is 11.3. The van der Waals surface area contributed by atoms with Crippen molar-refractivity contribution in [1.29, 1.82) is 0 Å². The van der Waals surface area contributed by atoms with E-state index < -0.39 is 41.5 Å². The zero-order valence-electron chi connectivity index (χ0n) is 20.2. The standard InChI is InChI=1S/C22H25F3N8O4/c1-21(2,3)10-32-15-6-13(30-14-8-26-12(7-27-14)17(34)28-9-22(23,24)25)31-33(15)20(37)16(19(32)36)18(35)29-11-4-5-11/h6-8,11,36H,4-5,9-10H2,1-3H3,(H,28,34)(H,29,35)(H,27,30,31). The van der Waals surface area contributed by atoms with Crippen LogP contribution in [0.5, 0.6) is 5.88 Å². The van der Waals surface area contributed by atoms with Gasteiger partial charge in [0, 0.05) is 18.7 Å². The molecule has 3 aromatic heterocycles. The van der Waals surface area contributed by atoms with Gasteiger partial charge in [-0.3, -0.25) is 19.0 Å². The number of nitrogens with one attached hydrogen (secondary N) is 3. The molecule has 0 radical (unpaired) electrons. The lowest BCUT2D eigenvalue weighted by Crippen LogP contribution is -2.35. The number of alkyl halides is 3. The molecule has 0 unspecified atom stereocenters. The number of amides is 2. The fourth-order valence-electron chi connectivity index (χ4n) is 3.45. The SMILES string of the molecule is CC(C)(C)Cn1c(O)c(C(=O)NC2CC2)c(=O)n2nc(Nc3cnc(C(=O)NCC(F)(F)F)cn3)cc12. The van der Waals surface area contributed by atoms with Gasteiger partial charge in [-0.1, -0.05) is 20.8 Å². The quantitative estimate of drug-likeness (QED) is 0.367. The van der Waals surface area contributed by atoms with Crippen molar-refractivity contribution in [1.82, 2.24) is 34.8 Å². The van der Waals surface area contributed by atoms with Crippen LogP contribution >= 0.6 is 0 Å². The van der Waals surface area contributed by atoms with Gasteiger partial charge in [-0.05, 0) is 18.3 Å². The first kappa shape index (κ1) is 25.9. The van der Waals surface area contributed by atoms with Gasteiger partial charge >= 0.3 is 6.18 Å². The van der Waals surface area contributed by atoms with Crippen LogP contribution in [0.2, 0.25) is 0 Å². The number of anilines is 2. The normalized spacial score (nSPS) is 14.0. The summed E-state index contributed by atoms with van der Waals surface area (Å²) in [4.78, 5) is 45.4. The zero-order valence-corrected chi connectivity index (χ0v) is 20.2.